The van der Waals surface area contributed by atoms with Crippen LogP contribution in [0.3, 0.4) is 0 Å². The van der Waals surface area contributed by atoms with Gasteiger partial charge in [0.2, 0.25) is 5.76 Å². The van der Waals surface area contributed by atoms with Crippen LogP contribution in [-0.2, 0) is 15.6 Å². The molecule has 0 unspecified atom stereocenters. The summed E-state index contributed by atoms with van der Waals surface area (Å²) in [4.78, 5) is 10.5. The molecule has 0 saturated heterocycles. The molecule has 14 heavy (non-hydrogen) atoms. The third-order valence-electron chi connectivity index (χ3n) is 1.65. The molecule has 0 radical (unpaired) electrons. The van der Waals surface area contributed by atoms with Crippen LogP contribution in [0.1, 0.15) is 23.0 Å². The van der Waals surface area contributed by atoms with E-state index in [9.17, 15) is 13.2 Å². The molecule has 0 bridgehead atoms. The van der Waals surface area contributed by atoms with Crippen LogP contribution in [0.15, 0.2) is 10.7 Å². The van der Waals surface area contributed by atoms with E-state index in [1.54, 1.807) is 0 Å². The summed E-state index contributed by atoms with van der Waals surface area (Å²) in [6, 6.07) is 0. The van der Waals surface area contributed by atoms with Gasteiger partial charge in [-0.15, -0.1) is 0 Å². The zero-order valence-corrected chi connectivity index (χ0v) is 8.24. The van der Waals surface area contributed by atoms with Crippen molar-refractivity contribution in [3.05, 3.63) is 17.5 Å². The summed E-state index contributed by atoms with van der Waals surface area (Å²) in [6.45, 7) is 1.49. The summed E-state index contributed by atoms with van der Waals surface area (Å²) in [5, 5.41) is 11.8. The molecule has 0 aromatic carbocycles. The number of aromatic carboxylic acids is 1. The molecular weight excluding hydrogens is 210 g/mol. The van der Waals surface area contributed by atoms with Crippen molar-refractivity contribution in [3.8, 4) is 0 Å². The first kappa shape index (κ1) is 10.7. The zero-order chi connectivity index (χ0) is 10.8. The Hall–Kier alpha value is -1.37. The highest BCUT2D eigenvalue weighted by molar-refractivity contribution is 7.90. The quantitative estimate of drug-likeness (QED) is 0.782. The molecule has 1 N–H and O–H groups in total. The van der Waals surface area contributed by atoms with Crippen LogP contribution in [-0.4, -0.2) is 30.4 Å². The Bertz CT molecular complexity index is 433. The zero-order valence-electron chi connectivity index (χ0n) is 7.43. The molecule has 1 aromatic rings. The Morgan fingerprint density at radius 3 is 2.79 bits per heavy atom. The Labute approximate surface area is 80.4 Å². The van der Waals surface area contributed by atoms with Gasteiger partial charge in [0.05, 0.1) is 11.9 Å². The van der Waals surface area contributed by atoms with Gasteiger partial charge in [-0.25, -0.2) is 13.2 Å². The number of hydrogen-bond acceptors (Lipinski definition) is 5. The van der Waals surface area contributed by atoms with Crippen molar-refractivity contribution in [3.63, 3.8) is 0 Å². The topological polar surface area (TPSA) is 97.5 Å². The smallest absolute Gasteiger partial charge is 0.375 e. The molecule has 1 heterocycles. The highest BCUT2D eigenvalue weighted by Gasteiger charge is 2.20. The lowest BCUT2D eigenvalue weighted by Crippen LogP contribution is -2.09. The van der Waals surface area contributed by atoms with E-state index < -0.39 is 21.6 Å². The molecule has 0 fully saturated rings. The molecule has 0 amide bonds. The Morgan fingerprint density at radius 2 is 2.29 bits per heavy atom. The largest absolute Gasteiger partial charge is 0.475 e. The fourth-order valence-corrected chi connectivity index (χ4v) is 1.76. The molecule has 0 aliphatic rings. The van der Waals surface area contributed by atoms with E-state index in [2.05, 4.69) is 9.68 Å². The van der Waals surface area contributed by atoms with Crippen LogP contribution in [0.4, 0.5) is 0 Å². The summed E-state index contributed by atoms with van der Waals surface area (Å²) in [6.07, 6.45) is 1.11. The first-order valence-corrected chi connectivity index (χ1v) is 5.65. The minimum Gasteiger partial charge on any atom is -0.475 e. The van der Waals surface area contributed by atoms with Gasteiger partial charge in [0, 0.05) is 11.3 Å². The van der Waals surface area contributed by atoms with Gasteiger partial charge in [-0.3, -0.25) is 0 Å². The molecule has 0 spiro atoms. The standard InChI is InChI=1S/C7H9NO5S/c1-2-14(11,12)4-5-3-8-13-6(5)7(9)10/h3H,2,4H2,1H3,(H,9,10). The molecule has 0 aliphatic heterocycles. The van der Waals surface area contributed by atoms with Crippen molar-refractivity contribution in [2.45, 2.75) is 12.7 Å². The van der Waals surface area contributed by atoms with Gasteiger partial charge in [-0.1, -0.05) is 12.1 Å². The summed E-state index contributed by atoms with van der Waals surface area (Å²) in [7, 11) is -3.26. The maximum absolute atomic E-state index is 11.2. The third kappa shape index (κ3) is 2.32. The molecule has 7 heteroatoms. The molecule has 0 atom stereocenters. The van der Waals surface area contributed by atoms with Crippen molar-refractivity contribution in [2.75, 3.05) is 5.75 Å². The van der Waals surface area contributed by atoms with Gasteiger partial charge >= 0.3 is 5.97 Å². The summed E-state index contributed by atoms with van der Waals surface area (Å²) < 4.78 is 26.8. The average Bonchev–Trinajstić information content (AvgIpc) is 2.51. The van der Waals surface area contributed by atoms with Crippen molar-refractivity contribution in [1.29, 1.82) is 0 Å². The predicted octanol–water partition coefficient (Wildman–Crippen LogP) is 0.308. The molecule has 6 nitrogen and oxygen atoms in total. The summed E-state index contributed by atoms with van der Waals surface area (Å²) in [5.41, 5.74) is 0.0827. The van der Waals surface area contributed by atoms with Crippen LogP contribution in [0.25, 0.3) is 0 Å². The van der Waals surface area contributed by atoms with Crippen LogP contribution in [0.5, 0.6) is 0 Å². The normalized spacial score (nSPS) is 11.5. The minimum absolute atomic E-state index is 0.0444. The number of sulfone groups is 1. The van der Waals surface area contributed by atoms with Crippen molar-refractivity contribution in [1.82, 2.24) is 5.16 Å². The van der Waals surface area contributed by atoms with E-state index in [0.29, 0.717) is 0 Å². The van der Waals surface area contributed by atoms with E-state index >= 15 is 0 Å². The fourth-order valence-electron chi connectivity index (χ4n) is 0.878. The van der Waals surface area contributed by atoms with Gasteiger partial charge in [-0.05, 0) is 0 Å². The van der Waals surface area contributed by atoms with Gasteiger partial charge in [-0.2, -0.15) is 0 Å². The number of carboxylic acids is 1. The molecule has 0 aliphatic carbocycles. The van der Waals surface area contributed by atoms with E-state index in [4.69, 9.17) is 5.11 Å². The van der Waals surface area contributed by atoms with Crippen LogP contribution in [0.2, 0.25) is 0 Å². The molecular formula is C7H9NO5S. The summed E-state index contributed by atoms with van der Waals surface area (Å²) >= 11 is 0. The SMILES string of the molecule is CCS(=O)(=O)Cc1cnoc1C(=O)O. The highest BCUT2D eigenvalue weighted by Crippen LogP contribution is 2.12. The van der Waals surface area contributed by atoms with Gasteiger partial charge in [0.25, 0.3) is 0 Å². The number of carbonyl (C=O) groups is 1. The number of carboxylic acid groups (broad SMARTS) is 1. The maximum Gasteiger partial charge on any atom is 0.375 e. The lowest BCUT2D eigenvalue weighted by atomic mass is 10.3. The first-order valence-electron chi connectivity index (χ1n) is 3.83. The van der Waals surface area contributed by atoms with Crippen LogP contribution in [0, 0.1) is 0 Å². The second-order valence-electron chi connectivity index (χ2n) is 2.66. The van der Waals surface area contributed by atoms with E-state index in [1.807, 2.05) is 0 Å². The third-order valence-corrected chi connectivity index (χ3v) is 3.28. The Kier molecular flexibility index (Phi) is 2.90. The second kappa shape index (κ2) is 3.79. The second-order valence-corrected chi connectivity index (χ2v) is 5.02. The van der Waals surface area contributed by atoms with E-state index in [-0.39, 0.29) is 17.1 Å². The van der Waals surface area contributed by atoms with Crippen LogP contribution < -0.4 is 0 Å². The predicted molar refractivity (Wildman–Crippen MR) is 46.6 cm³/mol. The Morgan fingerprint density at radius 1 is 1.64 bits per heavy atom. The van der Waals surface area contributed by atoms with Crippen molar-refractivity contribution in [2.24, 2.45) is 0 Å². The first-order chi connectivity index (χ1) is 6.46. The maximum atomic E-state index is 11.2. The summed E-state index contributed by atoms with van der Waals surface area (Å²) in [5.74, 6) is -2.13. The van der Waals surface area contributed by atoms with Crippen molar-refractivity contribution < 1.29 is 22.8 Å². The number of rotatable bonds is 4. The lowest BCUT2D eigenvalue weighted by molar-refractivity contribution is 0.0651. The van der Waals surface area contributed by atoms with E-state index in [1.165, 1.54) is 6.92 Å². The highest BCUT2D eigenvalue weighted by atomic mass is 32.2. The molecule has 1 aromatic heterocycles. The Balaban J connectivity index is 2.98. The van der Waals surface area contributed by atoms with Crippen LogP contribution >= 0.6 is 0 Å². The fraction of sp³-hybridized carbons (Fsp3) is 0.429. The van der Waals surface area contributed by atoms with Gasteiger partial charge in [0.1, 0.15) is 0 Å². The number of hydrogen-bond donors (Lipinski definition) is 1. The molecule has 0 saturated carbocycles. The van der Waals surface area contributed by atoms with E-state index in [0.717, 1.165) is 6.20 Å². The monoisotopic (exact) mass is 219 g/mol. The number of nitrogens with zero attached hydrogens (tertiary/aromatic N) is 1. The van der Waals surface area contributed by atoms with Crippen molar-refractivity contribution >= 4 is 15.8 Å². The van der Waals surface area contributed by atoms with Gasteiger partial charge in [0.15, 0.2) is 9.84 Å². The average molecular weight is 219 g/mol. The molecule has 1 rings (SSSR count). The lowest BCUT2D eigenvalue weighted by Gasteiger charge is -1.97. The number of aromatic nitrogens is 1. The minimum atomic E-state index is -3.26. The molecule has 78 valence electrons. The van der Waals surface area contributed by atoms with Gasteiger partial charge < -0.3 is 9.63 Å².